The first kappa shape index (κ1) is 16.5. The molecule has 24 heavy (non-hydrogen) atoms. The van der Waals surface area contributed by atoms with Crippen molar-refractivity contribution < 1.29 is 9.53 Å². The Bertz CT molecular complexity index is 791. The highest BCUT2D eigenvalue weighted by Gasteiger charge is 2.15. The van der Waals surface area contributed by atoms with Gasteiger partial charge in [0.05, 0.1) is 12.0 Å². The van der Waals surface area contributed by atoms with E-state index in [9.17, 15) is 4.79 Å². The molecule has 0 bridgehead atoms. The Kier molecular flexibility index (Phi) is 5.51. The number of halogens is 1. The lowest BCUT2D eigenvalue weighted by Gasteiger charge is -2.07. The number of thioether (sulfide) groups is 1. The predicted molar refractivity (Wildman–Crippen MR) is 97.9 cm³/mol. The first-order valence-electron chi connectivity index (χ1n) is 7.21. The quantitative estimate of drug-likeness (QED) is 0.656. The Morgan fingerprint density at radius 3 is 2.71 bits per heavy atom. The second-order valence-corrected chi connectivity index (χ2v) is 6.31. The fourth-order valence-corrected chi connectivity index (χ4v) is 2.77. The van der Waals surface area contributed by atoms with Gasteiger partial charge in [0, 0.05) is 10.6 Å². The molecule has 1 aliphatic heterocycles. The van der Waals surface area contributed by atoms with Gasteiger partial charge in [0.25, 0.3) is 0 Å². The van der Waals surface area contributed by atoms with Crippen molar-refractivity contribution >= 4 is 40.7 Å². The van der Waals surface area contributed by atoms with E-state index in [0.29, 0.717) is 22.6 Å². The molecule has 0 aromatic heterocycles. The Hall–Kier alpha value is -2.31. The number of nitrogens with zero attached hydrogens (tertiary/aromatic N) is 2. The largest absolute Gasteiger partial charge is 0.489 e. The molecule has 122 valence electrons. The summed E-state index contributed by atoms with van der Waals surface area (Å²) in [6, 6.07) is 15.1. The van der Waals surface area contributed by atoms with Crippen molar-refractivity contribution in [2.24, 2.45) is 10.2 Å². The third-order valence-corrected chi connectivity index (χ3v) is 4.41. The first-order valence-corrected chi connectivity index (χ1v) is 8.57. The molecule has 5 nitrogen and oxygen atoms in total. The molecule has 2 aromatic rings. The van der Waals surface area contributed by atoms with Gasteiger partial charge in [-0.1, -0.05) is 41.6 Å². The molecule has 0 aliphatic carbocycles. The highest BCUT2D eigenvalue weighted by molar-refractivity contribution is 8.15. The van der Waals surface area contributed by atoms with Crippen LogP contribution in [0.5, 0.6) is 5.75 Å². The number of hydrogen-bond donors (Lipinski definition) is 1. The number of ether oxygens (including phenoxy) is 1. The number of benzene rings is 2. The smallest absolute Gasteiger partial charge is 0.236 e. The summed E-state index contributed by atoms with van der Waals surface area (Å²) in [6.45, 7) is 0.414. The summed E-state index contributed by atoms with van der Waals surface area (Å²) >= 11 is 7.44. The third-order valence-electron chi connectivity index (χ3n) is 3.17. The fraction of sp³-hybridized carbons (Fsp3) is 0.118. The average molecular weight is 360 g/mol. The number of amides is 1. The van der Waals surface area contributed by atoms with Crippen LogP contribution in [0.1, 0.15) is 11.1 Å². The summed E-state index contributed by atoms with van der Waals surface area (Å²) in [4.78, 5) is 11.0. The summed E-state index contributed by atoms with van der Waals surface area (Å²) in [5.41, 5.74) is 1.83. The van der Waals surface area contributed by atoms with Gasteiger partial charge in [-0.05, 0) is 35.9 Å². The summed E-state index contributed by atoms with van der Waals surface area (Å²) < 4.78 is 5.72. The van der Waals surface area contributed by atoms with Crippen molar-refractivity contribution in [2.75, 3.05) is 5.75 Å². The van der Waals surface area contributed by atoms with E-state index in [1.165, 1.54) is 11.8 Å². The lowest BCUT2D eigenvalue weighted by molar-refractivity contribution is -0.116. The van der Waals surface area contributed by atoms with Crippen LogP contribution in [0.2, 0.25) is 5.02 Å². The molecule has 0 atom stereocenters. The van der Waals surface area contributed by atoms with Crippen molar-refractivity contribution in [3.05, 3.63) is 64.7 Å². The van der Waals surface area contributed by atoms with E-state index >= 15 is 0 Å². The molecule has 1 amide bonds. The normalized spacial score (nSPS) is 15.9. The first-order chi connectivity index (χ1) is 11.7. The van der Waals surface area contributed by atoms with E-state index < -0.39 is 0 Å². The van der Waals surface area contributed by atoms with Crippen molar-refractivity contribution in [3.63, 3.8) is 0 Å². The van der Waals surface area contributed by atoms with Crippen LogP contribution in [0.25, 0.3) is 0 Å². The van der Waals surface area contributed by atoms with Gasteiger partial charge in [0.15, 0.2) is 5.17 Å². The van der Waals surface area contributed by atoms with Crippen molar-refractivity contribution in [1.82, 2.24) is 5.32 Å². The highest BCUT2D eigenvalue weighted by Crippen LogP contribution is 2.18. The zero-order valence-corrected chi connectivity index (χ0v) is 14.2. The molecule has 7 heteroatoms. The van der Waals surface area contributed by atoms with Gasteiger partial charge >= 0.3 is 0 Å². The monoisotopic (exact) mass is 359 g/mol. The van der Waals surface area contributed by atoms with Gasteiger partial charge < -0.3 is 10.1 Å². The molecule has 0 radical (unpaired) electrons. The molecule has 0 saturated carbocycles. The Morgan fingerprint density at radius 2 is 2.00 bits per heavy atom. The molecular weight excluding hydrogens is 346 g/mol. The molecular formula is C17H14ClN3O2S. The van der Waals surface area contributed by atoms with Crippen molar-refractivity contribution in [3.8, 4) is 5.75 Å². The summed E-state index contributed by atoms with van der Waals surface area (Å²) in [7, 11) is 0. The maximum atomic E-state index is 11.0. The van der Waals surface area contributed by atoms with Gasteiger partial charge in [0.1, 0.15) is 12.4 Å². The van der Waals surface area contributed by atoms with Crippen LogP contribution in [0.4, 0.5) is 0 Å². The average Bonchev–Trinajstić information content (AvgIpc) is 3.01. The van der Waals surface area contributed by atoms with E-state index in [2.05, 4.69) is 15.5 Å². The van der Waals surface area contributed by atoms with Crippen LogP contribution in [-0.2, 0) is 11.4 Å². The van der Waals surface area contributed by atoms with E-state index in [4.69, 9.17) is 16.3 Å². The molecule has 3 rings (SSSR count). The Labute approximate surface area is 148 Å². The van der Waals surface area contributed by atoms with E-state index in [1.807, 2.05) is 48.5 Å². The van der Waals surface area contributed by atoms with E-state index in [1.54, 1.807) is 6.21 Å². The molecule has 0 unspecified atom stereocenters. The standard InChI is InChI=1S/C17H14ClN3O2S/c18-15-4-2-1-3-13(15)10-23-14-7-5-12(6-8-14)9-19-21-17-20-16(22)11-24-17/h1-9H,10-11H2,(H,20,21,22)/b19-9+. The number of carbonyl (C=O) groups excluding carboxylic acids is 1. The summed E-state index contributed by atoms with van der Waals surface area (Å²) in [5.74, 6) is 1.09. The molecule has 0 spiro atoms. The maximum absolute atomic E-state index is 11.0. The van der Waals surface area contributed by atoms with Crippen LogP contribution in [-0.4, -0.2) is 23.0 Å². The number of hydrogen-bond acceptors (Lipinski definition) is 5. The predicted octanol–water partition coefficient (Wildman–Crippen LogP) is 3.47. The second-order valence-electron chi connectivity index (χ2n) is 4.94. The molecule has 1 aliphatic rings. The number of rotatable bonds is 5. The summed E-state index contributed by atoms with van der Waals surface area (Å²) in [6.07, 6.45) is 1.62. The van der Waals surface area contributed by atoms with Crippen molar-refractivity contribution in [2.45, 2.75) is 6.61 Å². The van der Waals surface area contributed by atoms with Crippen LogP contribution < -0.4 is 10.1 Å². The SMILES string of the molecule is O=C1CS/C(=N\N=C\c2ccc(OCc3ccccc3Cl)cc2)N1. The minimum absolute atomic E-state index is 0.0472. The number of carbonyl (C=O) groups is 1. The lowest BCUT2D eigenvalue weighted by Crippen LogP contribution is -2.19. The third kappa shape index (κ3) is 4.59. The zero-order valence-electron chi connectivity index (χ0n) is 12.6. The minimum atomic E-state index is -0.0472. The zero-order chi connectivity index (χ0) is 16.8. The van der Waals surface area contributed by atoms with Crippen LogP contribution in [0.15, 0.2) is 58.7 Å². The molecule has 1 fully saturated rings. The van der Waals surface area contributed by atoms with Gasteiger partial charge in [-0.25, -0.2) is 0 Å². The van der Waals surface area contributed by atoms with Gasteiger partial charge in [-0.3, -0.25) is 4.79 Å². The van der Waals surface area contributed by atoms with Crippen LogP contribution in [0, 0.1) is 0 Å². The number of nitrogens with one attached hydrogen (secondary N) is 1. The van der Waals surface area contributed by atoms with E-state index in [-0.39, 0.29) is 5.91 Å². The minimum Gasteiger partial charge on any atom is -0.489 e. The lowest BCUT2D eigenvalue weighted by atomic mass is 10.2. The van der Waals surface area contributed by atoms with Crippen LogP contribution >= 0.6 is 23.4 Å². The van der Waals surface area contributed by atoms with Gasteiger partial charge in [0.2, 0.25) is 5.91 Å². The van der Waals surface area contributed by atoms with Crippen LogP contribution in [0.3, 0.4) is 0 Å². The van der Waals surface area contributed by atoms with Crippen molar-refractivity contribution in [1.29, 1.82) is 0 Å². The van der Waals surface area contributed by atoms with Gasteiger partial charge in [-0.2, -0.15) is 5.10 Å². The Balaban J connectivity index is 1.55. The highest BCUT2D eigenvalue weighted by atomic mass is 35.5. The van der Waals surface area contributed by atoms with Gasteiger partial charge in [-0.15, -0.1) is 5.10 Å². The Morgan fingerprint density at radius 1 is 1.21 bits per heavy atom. The molecule has 1 heterocycles. The second kappa shape index (κ2) is 7.99. The fourth-order valence-electron chi connectivity index (χ4n) is 1.95. The van der Waals surface area contributed by atoms with E-state index in [0.717, 1.165) is 16.9 Å². The molecule has 2 aromatic carbocycles. The molecule has 1 N–H and O–H groups in total. The topological polar surface area (TPSA) is 63.0 Å². The molecule has 1 saturated heterocycles. The summed E-state index contributed by atoms with van der Waals surface area (Å²) in [5, 5.41) is 11.7. The number of amidine groups is 1. The maximum Gasteiger partial charge on any atom is 0.236 e.